The Bertz CT molecular complexity index is 629. The highest BCUT2D eigenvalue weighted by atomic mass is 79.9. The van der Waals surface area contributed by atoms with Crippen molar-refractivity contribution in [2.75, 3.05) is 12.3 Å². The van der Waals surface area contributed by atoms with E-state index in [0.29, 0.717) is 18.8 Å². The number of hydrogen-bond acceptors (Lipinski definition) is 3. The van der Waals surface area contributed by atoms with Gasteiger partial charge in [0.25, 0.3) is 5.91 Å². The van der Waals surface area contributed by atoms with Crippen molar-refractivity contribution in [3.05, 3.63) is 50.4 Å². The summed E-state index contributed by atoms with van der Waals surface area (Å²) >= 11 is 4.96. The van der Waals surface area contributed by atoms with E-state index in [0.717, 1.165) is 8.66 Å². The van der Waals surface area contributed by atoms with Gasteiger partial charge in [0.2, 0.25) is 0 Å². The average molecular weight is 357 g/mol. The fraction of sp³-hybridized carbons (Fsp3) is 0.214. The second-order valence-electron chi connectivity index (χ2n) is 4.26. The van der Waals surface area contributed by atoms with Crippen LogP contribution in [0.3, 0.4) is 0 Å². The first kappa shape index (κ1) is 15.0. The van der Waals surface area contributed by atoms with Crippen molar-refractivity contribution in [3.8, 4) is 0 Å². The summed E-state index contributed by atoms with van der Waals surface area (Å²) in [6.45, 7) is 2.90. The Morgan fingerprint density at radius 2 is 2.15 bits per heavy atom. The molecular formula is C14H14BrFN2OS. The number of carbonyl (C=O) groups excluding carboxylic acids is 1. The number of benzene rings is 1. The number of anilines is 1. The first-order valence-corrected chi connectivity index (χ1v) is 7.70. The van der Waals surface area contributed by atoms with Crippen LogP contribution in [-0.2, 0) is 6.54 Å². The molecule has 1 aromatic heterocycles. The number of nitrogen functional groups attached to an aromatic ring is 1. The Balaban J connectivity index is 2.22. The van der Waals surface area contributed by atoms with Crippen molar-refractivity contribution in [2.45, 2.75) is 13.5 Å². The fourth-order valence-corrected chi connectivity index (χ4v) is 3.34. The van der Waals surface area contributed by atoms with E-state index in [2.05, 4.69) is 15.9 Å². The maximum Gasteiger partial charge on any atom is 0.256 e. The normalized spacial score (nSPS) is 10.6. The van der Waals surface area contributed by atoms with Crippen LogP contribution in [0.15, 0.2) is 34.1 Å². The summed E-state index contributed by atoms with van der Waals surface area (Å²) in [5.74, 6) is -0.716. The second-order valence-corrected chi connectivity index (χ2v) is 6.80. The van der Waals surface area contributed by atoms with E-state index in [9.17, 15) is 9.18 Å². The van der Waals surface area contributed by atoms with Crippen molar-refractivity contribution >= 4 is 38.9 Å². The van der Waals surface area contributed by atoms with E-state index in [1.165, 1.54) is 18.2 Å². The monoisotopic (exact) mass is 356 g/mol. The number of nitrogens with two attached hydrogens (primary N) is 1. The van der Waals surface area contributed by atoms with Crippen LogP contribution < -0.4 is 5.73 Å². The minimum absolute atomic E-state index is 0.211. The molecule has 0 spiro atoms. The number of carbonyl (C=O) groups is 1. The third-order valence-corrected chi connectivity index (χ3v) is 4.50. The molecule has 1 heterocycles. The molecule has 0 fully saturated rings. The lowest BCUT2D eigenvalue weighted by Crippen LogP contribution is -2.30. The van der Waals surface area contributed by atoms with E-state index >= 15 is 0 Å². The molecule has 0 atom stereocenters. The number of hydrogen-bond donors (Lipinski definition) is 1. The van der Waals surface area contributed by atoms with Crippen LogP contribution in [-0.4, -0.2) is 17.4 Å². The molecule has 2 N–H and O–H groups in total. The van der Waals surface area contributed by atoms with Crippen molar-refractivity contribution in [3.63, 3.8) is 0 Å². The van der Waals surface area contributed by atoms with Crippen LogP contribution in [0.4, 0.5) is 10.1 Å². The molecule has 1 aromatic carbocycles. The Hall–Kier alpha value is -1.40. The van der Waals surface area contributed by atoms with Gasteiger partial charge < -0.3 is 10.6 Å². The van der Waals surface area contributed by atoms with Gasteiger partial charge in [-0.1, -0.05) is 0 Å². The summed E-state index contributed by atoms with van der Waals surface area (Å²) in [7, 11) is 0. The largest absolute Gasteiger partial charge is 0.398 e. The topological polar surface area (TPSA) is 46.3 Å². The van der Waals surface area contributed by atoms with Gasteiger partial charge in [0, 0.05) is 17.1 Å². The van der Waals surface area contributed by atoms with Gasteiger partial charge in [-0.3, -0.25) is 4.79 Å². The zero-order valence-corrected chi connectivity index (χ0v) is 13.3. The Labute approximate surface area is 129 Å². The molecule has 106 valence electrons. The molecule has 1 amide bonds. The molecule has 20 heavy (non-hydrogen) atoms. The van der Waals surface area contributed by atoms with E-state index in [4.69, 9.17) is 5.73 Å². The lowest BCUT2D eigenvalue weighted by molar-refractivity contribution is 0.0755. The molecule has 2 rings (SSSR count). The standard InChI is InChI=1S/C14H14BrFN2OS/c1-2-18(8-10-4-6-13(15)20-10)14(19)11-7-9(16)3-5-12(11)17/h3-7H,2,8,17H2,1H3. The molecule has 2 aromatic rings. The minimum atomic E-state index is -0.461. The third-order valence-electron chi connectivity index (χ3n) is 2.89. The first-order valence-electron chi connectivity index (χ1n) is 6.09. The Kier molecular flexibility index (Phi) is 4.77. The predicted octanol–water partition coefficient (Wildman–Crippen LogP) is 3.89. The molecule has 6 heteroatoms. The van der Waals surface area contributed by atoms with Gasteiger partial charge in [0.05, 0.1) is 15.9 Å². The van der Waals surface area contributed by atoms with E-state index in [1.54, 1.807) is 16.2 Å². The summed E-state index contributed by atoms with van der Waals surface area (Å²) in [5.41, 5.74) is 6.27. The van der Waals surface area contributed by atoms with Crippen LogP contribution in [0.5, 0.6) is 0 Å². The van der Waals surface area contributed by atoms with Crippen LogP contribution in [0, 0.1) is 5.82 Å². The molecule has 0 aliphatic heterocycles. The van der Waals surface area contributed by atoms with Gasteiger partial charge in [0.1, 0.15) is 5.82 Å². The molecule has 3 nitrogen and oxygen atoms in total. The van der Waals surface area contributed by atoms with Crippen LogP contribution in [0.2, 0.25) is 0 Å². The Morgan fingerprint density at radius 1 is 1.40 bits per heavy atom. The van der Waals surface area contributed by atoms with Gasteiger partial charge in [-0.25, -0.2) is 4.39 Å². The molecule has 0 aliphatic rings. The van der Waals surface area contributed by atoms with Crippen molar-refractivity contribution in [2.24, 2.45) is 0 Å². The Morgan fingerprint density at radius 3 is 2.75 bits per heavy atom. The van der Waals surface area contributed by atoms with Crippen molar-refractivity contribution in [1.82, 2.24) is 4.90 Å². The van der Waals surface area contributed by atoms with Crippen LogP contribution in [0.1, 0.15) is 22.2 Å². The minimum Gasteiger partial charge on any atom is -0.398 e. The number of rotatable bonds is 4. The predicted molar refractivity (Wildman–Crippen MR) is 83.2 cm³/mol. The SMILES string of the molecule is CCN(Cc1ccc(Br)s1)C(=O)c1cc(F)ccc1N. The molecular weight excluding hydrogens is 343 g/mol. The third kappa shape index (κ3) is 3.37. The number of amides is 1. The lowest BCUT2D eigenvalue weighted by atomic mass is 10.1. The van der Waals surface area contributed by atoms with Crippen LogP contribution >= 0.6 is 27.3 Å². The van der Waals surface area contributed by atoms with Crippen LogP contribution in [0.25, 0.3) is 0 Å². The maximum atomic E-state index is 13.3. The number of thiophene rings is 1. The van der Waals surface area contributed by atoms with Crippen molar-refractivity contribution < 1.29 is 9.18 Å². The first-order chi connectivity index (χ1) is 9.51. The smallest absolute Gasteiger partial charge is 0.256 e. The maximum absolute atomic E-state index is 13.3. The quantitative estimate of drug-likeness (QED) is 0.844. The molecule has 0 bridgehead atoms. The lowest BCUT2D eigenvalue weighted by Gasteiger charge is -2.21. The fourth-order valence-electron chi connectivity index (χ4n) is 1.84. The molecule has 0 aliphatic carbocycles. The highest BCUT2D eigenvalue weighted by Gasteiger charge is 2.18. The van der Waals surface area contributed by atoms with Crippen molar-refractivity contribution in [1.29, 1.82) is 0 Å². The van der Waals surface area contributed by atoms with Gasteiger partial charge in [-0.2, -0.15) is 0 Å². The zero-order chi connectivity index (χ0) is 14.7. The summed E-state index contributed by atoms with van der Waals surface area (Å²) in [6.07, 6.45) is 0. The molecule has 0 saturated heterocycles. The van der Waals surface area contributed by atoms with Gasteiger partial charge in [0.15, 0.2) is 0 Å². The van der Waals surface area contributed by atoms with E-state index in [-0.39, 0.29) is 11.5 Å². The summed E-state index contributed by atoms with van der Waals surface area (Å²) in [4.78, 5) is 15.1. The summed E-state index contributed by atoms with van der Waals surface area (Å²) in [5, 5.41) is 0. The van der Waals surface area contributed by atoms with E-state index in [1.807, 2.05) is 19.1 Å². The van der Waals surface area contributed by atoms with E-state index < -0.39 is 5.82 Å². The second kappa shape index (κ2) is 6.37. The molecule has 0 unspecified atom stereocenters. The molecule has 0 radical (unpaired) electrons. The highest BCUT2D eigenvalue weighted by molar-refractivity contribution is 9.11. The number of nitrogens with zero attached hydrogens (tertiary/aromatic N) is 1. The summed E-state index contributed by atoms with van der Waals surface area (Å²) < 4.78 is 14.3. The average Bonchev–Trinajstić information content (AvgIpc) is 2.83. The van der Waals surface area contributed by atoms with Gasteiger partial charge in [-0.15, -0.1) is 11.3 Å². The summed E-state index contributed by atoms with van der Waals surface area (Å²) in [6, 6.07) is 7.75. The number of halogens is 2. The molecule has 0 saturated carbocycles. The van der Waals surface area contributed by atoms with Gasteiger partial charge >= 0.3 is 0 Å². The highest BCUT2D eigenvalue weighted by Crippen LogP contribution is 2.24. The zero-order valence-electron chi connectivity index (χ0n) is 10.9. The van der Waals surface area contributed by atoms with Gasteiger partial charge in [-0.05, 0) is 53.2 Å².